The first-order valence-electron chi connectivity index (χ1n) is 6.74. The Labute approximate surface area is 128 Å². The Kier molecular flexibility index (Phi) is 4.93. The zero-order valence-corrected chi connectivity index (χ0v) is 11.8. The van der Waals surface area contributed by atoms with Crippen molar-refractivity contribution >= 4 is 11.9 Å². The molecule has 0 aliphatic carbocycles. The summed E-state index contributed by atoms with van der Waals surface area (Å²) in [5, 5.41) is 10.4. The SMILES string of the molecule is O=C(O)C(F)(F)F.O=C(c1ccc(F)o1)N1CC2CNCC2C1. The number of amides is 1. The molecule has 3 rings (SSSR count). The number of carboxylic acids is 1. The molecule has 6 nitrogen and oxygen atoms in total. The van der Waals surface area contributed by atoms with Crippen molar-refractivity contribution in [1.82, 2.24) is 10.2 Å². The predicted octanol–water partition coefficient (Wildman–Crippen LogP) is 1.34. The van der Waals surface area contributed by atoms with Crippen molar-refractivity contribution in [2.45, 2.75) is 6.18 Å². The number of alkyl halides is 3. The number of hydrogen-bond donors (Lipinski definition) is 2. The zero-order valence-electron chi connectivity index (χ0n) is 11.8. The van der Waals surface area contributed by atoms with Crippen molar-refractivity contribution in [2.75, 3.05) is 26.2 Å². The maximum Gasteiger partial charge on any atom is 0.490 e. The van der Waals surface area contributed by atoms with E-state index in [0.29, 0.717) is 11.8 Å². The standard InChI is InChI=1S/C11H13FN2O2.C2HF3O2/c12-10-2-1-9(16-10)11(15)14-5-7-3-13-4-8(7)6-14;3-2(4,5)1(6)7/h1-2,7-8,13H,3-6H2;(H,6,7). The fourth-order valence-corrected chi connectivity index (χ4v) is 2.61. The molecule has 0 saturated carbocycles. The number of likely N-dealkylation sites (tertiary alicyclic amines) is 1. The van der Waals surface area contributed by atoms with Crippen LogP contribution in [0, 0.1) is 17.8 Å². The van der Waals surface area contributed by atoms with Gasteiger partial charge in [0.05, 0.1) is 0 Å². The fourth-order valence-electron chi connectivity index (χ4n) is 2.61. The van der Waals surface area contributed by atoms with E-state index in [2.05, 4.69) is 5.32 Å². The molecule has 1 aromatic heterocycles. The fraction of sp³-hybridized carbons (Fsp3) is 0.538. The number of furan rings is 1. The zero-order chi connectivity index (χ0) is 17.2. The lowest BCUT2D eigenvalue weighted by molar-refractivity contribution is -0.192. The van der Waals surface area contributed by atoms with Gasteiger partial charge in [-0.2, -0.15) is 17.6 Å². The maximum absolute atomic E-state index is 12.7. The third kappa shape index (κ3) is 4.21. The van der Waals surface area contributed by atoms with Crippen LogP contribution in [0.2, 0.25) is 0 Å². The van der Waals surface area contributed by atoms with Gasteiger partial charge in [-0.25, -0.2) is 4.79 Å². The number of fused-ring (bicyclic) bond motifs is 1. The Hall–Kier alpha value is -2.10. The van der Waals surface area contributed by atoms with Crippen molar-refractivity contribution in [3.63, 3.8) is 0 Å². The highest BCUT2D eigenvalue weighted by Gasteiger charge is 2.39. The number of nitrogens with one attached hydrogen (secondary N) is 1. The third-order valence-corrected chi connectivity index (χ3v) is 3.70. The first kappa shape index (κ1) is 17.3. The second kappa shape index (κ2) is 6.57. The molecule has 128 valence electrons. The molecule has 2 aliphatic heterocycles. The molecule has 1 aromatic rings. The second-order valence-corrected chi connectivity index (χ2v) is 5.30. The number of carboxylic acid groups (broad SMARTS) is 1. The Morgan fingerprint density at radius 2 is 1.74 bits per heavy atom. The average molecular weight is 338 g/mol. The first-order valence-corrected chi connectivity index (χ1v) is 6.74. The van der Waals surface area contributed by atoms with Gasteiger partial charge in [-0.1, -0.05) is 0 Å². The minimum Gasteiger partial charge on any atom is -0.475 e. The van der Waals surface area contributed by atoms with Crippen LogP contribution >= 0.6 is 0 Å². The van der Waals surface area contributed by atoms with Gasteiger partial charge in [-0.05, 0) is 17.9 Å². The Bertz CT molecular complexity index is 575. The van der Waals surface area contributed by atoms with Gasteiger partial charge < -0.3 is 19.7 Å². The molecule has 0 aromatic carbocycles. The van der Waals surface area contributed by atoms with Crippen molar-refractivity contribution in [3.8, 4) is 0 Å². The summed E-state index contributed by atoms with van der Waals surface area (Å²) in [6.07, 6.45) is -5.08. The lowest BCUT2D eigenvalue weighted by Gasteiger charge is -2.15. The molecule has 2 saturated heterocycles. The molecule has 2 unspecified atom stereocenters. The van der Waals surface area contributed by atoms with Gasteiger partial charge >= 0.3 is 12.1 Å². The summed E-state index contributed by atoms with van der Waals surface area (Å²) in [5.74, 6) is -1.76. The molecule has 1 amide bonds. The normalized spacial score (nSPS) is 23.2. The highest BCUT2D eigenvalue weighted by Crippen LogP contribution is 2.27. The van der Waals surface area contributed by atoms with E-state index in [0.717, 1.165) is 26.2 Å². The minimum atomic E-state index is -5.08. The van der Waals surface area contributed by atoms with Crippen molar-refractivity contribution < 1.29 is 36.7 Å². The number of rotatable bonds is 1. The molecule has 2 atom stereocenters. The van der Waals surface area contributed by atoms with E-state index in [1.807, 2.05) is 0 Å². The number of carbonyl (C=O) groups is 2. The van der Waals surface area contributed by atoms with Gasteiger partial charge in [0.25, 0.3) is 11.9 Å². The molecular formula is C13H14F4N2O4. The quantitative estimate of drug-likeness (QED) is 0.755. The van der Waals surface area contributed by atoms with Crippen molar-refractivity contribution in [3.05, 3.63) is 23.9 Å². The maximum atomic E-state index is 12.7. The van der Waals surface area contributed by atoms with Crippen LogP contribution < -0.4 is 5.32 Å². The van der Waals surface area contributed by atoms with Crippen LogP contribution in [0.1, 0.15) is 10.6 Å². The number of hydrogen-bond acceptors (Lipinski definition) is 4. The summed E-state index contributed by atoms with van der Waals surface area (Å²) in [7, 11) is 0. The lowest BCUT2D eigenvalue weighted by Crippen LogP contribution is -2.31. The highest BCUT2D eigenvalue weighted by molar-refractivity contribution is 5.91. The Morgan fingerprint density at radius 3 is 2.13 bits per heavy atom. The van der Waals surface area contributed by atoms with Crippen LogP contribution in [0.4, 0.5) is 17.6 Å². The molecule has 10 heteroatoms. The summed E-state index contributed by atoms with van der Waals surface area (Å²) >= 11 is 0. The number of nitrogens with zero attached hydrogens (tertiary/aromatic N) is 1. The largest absolute Gasteiger partial charge is 0.490 e. The summed E-state index contributed by atoms with van der Waals surface area (Å²) in [6.45, 7) is 3.44. The lowest BCUT2D eigenvalue weighted by atomic mass is 10.0. The predicted molar refractivity (Wildman–Crippen MR) is 68.1 cm³/mol. The van der Waals surface area contributed by atoms with Crippen molar-refractivity contribution in [2.24, 2.45) is 11.8 Å². The van der Waals surface area contributed by atoms with Gasteiger partial charge in [0.1, 0.15) is 0 Å². The van der Waals surface area contributed by atoms with E-state index in [1.54, 1.807) is 4.90 Å². The molecule has 0 spiro atoms. The van der Waals surface area contributed by atoms with E-state index in [-0.39, 0.29) is 11.7 Å². The molecular weight excluding hydrogens is 324 g/mol. The summed E-state index contributed by atoms with van der Waals surface area (Å²) in [5.41, 5.74) is 0. The van der Waals surface area contributed by atoms with Crippen LogP contribution in [0.15, 0.2) is 16.5 Å². The first-order chi connectivity index (χ1) is 10.7. The summed E-state index contributed by atoms with van der Waals surface area (Å²) in [4.78, 5) is 22.6. The highest BCUT2D eigenvalue weighted by atomic mass is 19.4. The molecule has 23 heavy (non-hydrogen) atoms. The minimum absolute atomic E-state index is 0.102. The van der Waals surface area contributed by atoms with E-state index in [4.69, 9.17) is 14.3 Å². The van der Waals surface area contributed by atoms with E-state index in [1.165, 1.54) is 12.1 Å². The summed E-state index contributed by atoms with van der Waals surface area (Å²) in [6, 6.07) is 1.86. The van der Waals surface area contributed by atoms with Crippen LogP contribution in [-0.2, 0) is 4.79 Å². The van der Waals surface area contributed by atoms with Crippen LogP contribution in [0.5, 0.6) is 0 Å². The van der Waals surface area contributed by atoms with Gasteiger partial charge in [0.15, 0.2) is 5.76 Å². The topological polar surface area (TPSA) is 82.8 Å². The van der Waals surface area contributed by atoms with Gasteiger partial charge in [-0.3, -0.25) is 4.79 Å². The molecule has 0 bridgehead atoms. The van der Waals surface area contributed by atoms with Gasteiger partial charge in [0.2, 0.25) is 0 Å². The molecule has 2 N–H and O–H groups in total. The van der Waals surface area contributed by atoms with E-state index in [9.17, 15) is 22.4 Å². The Balaban J connectivity index is 0.000000236. The molecule has 0 radical (unpaired) electrons. The molecule has 2 fully saturated rings. The number of carbonyl (C=O) groups excluding carboxylic acids is 1. The number of halogens is 4. The van der Waals surface area contributed by atoms with Crippen molar-refractivity contribution in [1.29, 1.82) is 0 Å². The van der Waals surface area contributed by atoms with Crippen LogP contribution in [-0.4, -0.2) is 54.2 Å². The monoisotopic (exact) mass is 338 g/mol. The second-order valence-electron chi connectivity index (χ2n) is 5.30. The van der Waals surface area contributed by atoms with Gasteiger partial charge in [0, 0.05) is 32.2 Å². The third-order valence-electron chi connectivity index (χ3n) is 3.70. The number of aliphatic carboxylic acids is 1. The van der Waals surface area contributed by atoms with E-state index < -0.39 is 18.2 Å². The van der Waals surface area contributed by atoms with Gasteiger partial charge in [-0.15, -0.1) is 0 Å². The van der Waals surface area contributed by atoms with Crippen LogP contribution in [0.3, 0.4) is 0 Å². The summed E-state index contributed by atoms with van der Waals surface area (Å²) < 4.78 is 49.1. The molecule has 3 heterocycles. The smallest absolute Gasteiger partial charge is 0.475 e. The Morgan fingerprint density at radius 1 is 1.22 bits per heavy atom. The molecule has 2 aliphatic rings. The van der Waals surface area contributed by atoms with E-state index >= 15 is 0 Å². The average Bonchev–Trinajstić information content (AvgIpc) is 3.11. The van der Waals surface area contributed by atoms with Crippen LogP contribution in [0.25, 0.3) is 0 Å².